The molecule has 0 radical (unpaired) electrons. The minimum Gasteiger partial charge on any atom is -0.455 e. The standard InChI is InChI=1S/C29H29N3O5/c1-19-13-14-24(20(2)15-19)30-25(33)18-37-29(36)23-16-26(34)32(17-23)31-28(35)27(21-9-5-3-6-10-21)22-11-7-4-8-12-22/h3-15,23,27H,16-18H2,1-2H3,(H,30,33)(H,31,35)/t23-/m0/s1. The molecule has 4 rings (SSSR count). The van der Waals surface area contributed by atoms with Crippen LogP contribution in [0.3, 0.4) is 0 Å². The number of amides is 3. The number of rotatable bonds is 8. The number of hydrogen-bond acceptors (Lipinski definition) is 5. The molecule has 2 N–H and O–H groups in total. The van der Waals surface area contributed by atoms with E-state index in [2.05, 4.69) is 10.7 Å². The molecule has 0 bridgehead atoms. The molecule has 0 aromatic heterocycles. The van der Waals surface area contributed by atoms with E-state index in [4.69, 9.17) is 4.74 Å². The Hall–Kier alpha value is -4.46. The van der Waals surface area contributed by atoms with E-state index in [1.165, 1.54) is 0 Å². The van der Waals surface area contributed by atoms with E-state index >= 15 is 0 Å². The minimum absolute atomic E-state index is 0.0294. The summed E-state index contributed by atoms with van der Waals surface area (Å²) in [6.07, 6.45) is -0.112. The van der Waals surface area contributed by atoms with Crippen molar-refractivity contribution in [3.05, 3.63) is 101 Å². The largest absolute Gasteiger partial charge is 0.455 e. The highest BCUT2D eigenvalue weighted by Gasteiger charge is 2.37. The Bertz CT molecular complexity index is 1250. The second-order valence-corrected chi connectivity index (χ2v) is 9.11. The number of ether oxygens (including phenoxy) is 1. The van der Waals surface area contributed by atoms with Crippen LogP contribution in [0.2, 0.25) is 0 Å². The van der Waals surface area contributed by atoms with Crippen LogP contribution < -0.4 is 10.7 Å². The fourth-order valence-electron chi connectivity index (χ4n) is 4.35. The summed E-state index contributed by atoms with van der Waals surface area (Å²) in [7, 11) is 0. The smallest absolute Gasteiger partial charge is 0.311 e. The Morgan fingerprint density at radius 2 is 1.57 bits per heavy atom. The van der Waals surface area contributed by atoms with Crippen molar-refractivity contribution in [2.45, 2.75) is 26.2 Å². The first-order chi connectivity index (χ1) is 17.8. The summed E-state index contributed by atoms with van der Waals surface area (Å²) in [6, 6.07) is 24.2. The highest BCUT2D eigenvalue weighted by molar-refractivity contribution is 5.95. The van der Waals surface area contributed by atoms with Crippen LogP contribution in [-0.4, -0.2) is 41.9 Å². The molecule has 37 heavy (non-hydrogen) atoms. The zero-order valence-corrected chi connectivity index (χ0v) is 20.8. The predicted octanol–water partition coefficient (Wildman–Crippen LogP) is 3.50. The van der Waals surface area contributed by atoms with Gasteiger partial charge in [0.05, 0.1) is 18.4 Å². The molecule has 3 aromatic carbocycles. The lowest BCUT2D eigenvalue weighted by molar-refractivity contribution is -0.151. The molecule has 190 valence electrons. The highest BCUT2D eigenvalue weighted by Crippen LogP contribution is 2.26. The van der Waals surface area contributed by atoms with Crippen molar-refractivity contribution < 1.29 is 23.9 Å². The number of nitrogens with zero attached hydrogens (tertiary/aromatic N) is 1. The van der Waals surface area contributed by atoms with Crippen LogP contribution in [0.25, 0.3) is 0 Å². The van der Waals surface area contributed by atoms with Gasteiger partial charge in [-0.05, 0) is 36.6 Å². The summed E-state index contributed by atoms with van der Waals surface area (Å²) in [6.45, 7) is 3.34. The SMILES string of the molecule is Cc1ccc(NC(=O)COC(=O)[C@H]2CC(=O)N(NC(=O)C(c3ccccc3)c3ccccc3)C2)c(C)c1. The average molecular weight is 500 g/mol. The van der Waals surface area contributed by atoms with Gasteiger partial charge >= 0.3 is 5.97 Å². The van der Waals surface area contributed by atoms with Crippen molar-refractivity contribution in [3.63, 3.8) is 0 Å². The molecule has 0 unspecified atom stereocenters. The van der Waals surface area contributed by atoms with E-state index in [0.717, 1.165) is 27.3 Å². The normalized spacial score (nSPS) is 14.9. The van der Waals surface area contributed by atoms with Gasteiger partial charge in [0, 0.05) is 12.1 Å². The van der Waals surface area contributed by atoms with E-state index in [0.29, 0.717) is 5.69 Å². The zero-order chi connectivity index (χ0) is 26.4. The molecule has 1 aliphatic heterocycles. The van der Waals surface area contributed by atoms with E-state index in [-0.39, 0.29) is 18.9 Å². The zero-order valence-electron chi connectivity index (χ0n) is 20.8. The second-order valence-electron chi connectivity index (χ2n) is 9.11. The van der Waals surface area contributed by atoms with Crippen LogP contribution in [0.4, 0.5) is 5.69 Å². The van der Waals surface area contributed by atoms with E-state index in [1.807, 2.05) is 86.6 Å². The first kappa shape index (κ1) is 25.6. The van der Waals surface area contributed by atoms with E-state index < -0.39 is 36.2 Å². The summed E-state index contributed by atoms with van der Waals surface area (Å²) >= 11 is 0. The molecule has 1 fully saturated rings. The lowest BCUT2D eigenvalue weighted by atomic mass is 9.91. The van der Waals surface area contributed by atoms with Crippen molar-refractivity contribution in [1.82, 2.24) is 10.4 Å². The lowest BCUT2D eigenvalue weighted by Gasteiger charge is -2.23. The fourth-order valence-corrected chi connectivity index (χ4v) is 4.35. The maximum absolute atomic E-state index is 13.3. The van der Waals surface area contributed by atoms with Gasteiger partial charge in [-0.1, -0.05) is 78.4 Å². The third-order valence-corrected chi connectivity index (χ3v) is 6.23. The van der Waals surface area contributed by atoms with Crippen molar-refractivity contribution in [2.24, 2.45) is 5.92 Å². The van der Waals surface area contributed by atoms with E-state index in [9.17, 15) is 19.2 Å². The van der Waals surface area contributed by atoms with Crippen LogP contribution in [0.15, 0.2) is 78.9 Å². The molecule has 1 aliphatic rings. The van der Waals surface area contributed by atoms with Crippen molar-refractivity contribution in [3.8, 4) is 0 Å². The Morgan fingerprint density at radius 3 is 2.16 bits per heavy atom. The molecule has 0 spiro atoms. The number of carbonyl (C=O) groups excluding carboxylic acids is 4. The molecular formula is C29H29N3O5. The first-order valence-corrected chi connectivity index (χ1v) is 12.1. The number of aryl methyl sites for hydroxylation is 2. The lowest BCUT2D eigenvalue weighted by Crippen LogP contribution is -2.45. The number of nitrogens with one attached hydrogen (secondary N) is 2. The minimum atomic E-state index is -0.784. The number of carbonyl (C=O) groups is 4. The molecule has 0 saturated carbocycles. The van der Waals surface area contributed by atoms with Gasteiger partial charge in [-0.25, -0.2) is 0 Å². The fraction of sp³-hybridized carbons (Fsp3) is 0.241. The van der Waals surface area contributed by atoms with Crippen LogP contribution in [0.1, 0.15) is 34.6 Å². The van der Waals surface area contributed by atoms with Gasteiger partial charge in [0.15, 0.2) is 6.61 Å². The number of anilines is 1. The topological polar surface area (TPSA) is 105 Å². The van der Waals surface area contributed by atoms with Gasteiger partial charge in [0.1, 0.15) is 0 Å². The van der Waals surface area contributed by atoms with E-state index in [1.54, 1.807) is 6.07 Å². The molecule has 1 atom stereocenters. The van der Waals surface area contributed by atoms with Crippen molar-refractivity contribution in [1.29, 1.82) is 0 Å². The van der Waals surface area contributed by atoms with Crippen LogP contribution >= 0.6 is 0 Å². The summed E-state index contributed by atoms with van der Waals surface area (Å²) in [5.41, 5.74) is 6.85. The maximum Gasteiger partial charge on any atom is 0.311 e. The molecule has 8 nitrogen and oxygen atoms in total. The first-order valence-electron chi connectivity index (χ1n) is 12.1. The van der Waals surface area contributed by atoms with Crippen molar-refractivity contribution in [2.75, 3.05) is 18.5 Å². The molecule has 8 heteroatoms. The van der Waals surface area contributed by atoms with Gasteiger partial charge < -0.3 is 10.1 Å². The molecule has 1 saturated heterocycles. The van der Waals surface area contributed by atoms with Crippen molar-refractivity contribution >= 4 is 29.4 Å². The molecule has 0 aliphatic carbocycles. The van der Waals surface area contributed by atoms with Gasteiger partial charge in [0.25, 0.3) is 11.8 Å². The third-order valence-electron chi connectivity index (χ3n) is 6.23. The monoisotopic (exact) mass is 499 g/mol. The summed E-state index contributed by atoms with van der Waals surface area (Å²) in [4.78, 5) is 50.7. The molecule has 3 amide bonds. The summed E-state index contributed by atoms with van der Waals surface area (Å²) in [5.74, 6) is -3.32. The number of hydrogen-bond donors (Lipinski definition) is 2. The third kappa shape index (κ3) is 6.41. The molecular weight excluding hydrogens is 470 g/mol. The Morgan fingerprint density at radius 1 is 0.946 bits per heavy atom. The Balaban J connectivity index is 1.34. The van der Waals surface area contributed by atoms with Crippen LogP contribution in [0, 0.1) is 19.8 Å². The Kier molecular flexibility index (Phi) is 7.98. The highest BCUT2D eigenvalue weighted by atomic mass is 16.5. The number of hydrazine groups is 1. The molecule has 3 aromatic rings. The average Bonchev–Trinajstić information content (AvgIpc) is 3.25. The van der Waals surface area contributed by atoms with Gasteiger partial charge in [-0.3, -0.25) is 29.6 Å². The summed E-state index contributed by atoms with van der Waals surface area (Å²) < 4.78 is 5.17. The second kappa shape index (κ2) is 11.5. The van der Waals surface area contributed by atoms with Gasteiger partial charge in [0.2, 0.25) is 5.91 Å². The van der Waals surface area contributed by atoms with Crippen LogP contribution in [-0.2, 0) is 23.9 Å². The maximum atomic E-state index is 13.3. The quantitative estimate of drug-likeness (QED) is 0.462. The van der Waals surface area contributed by atoms with Gasteiger partial charge in [-0.15, -0.1) is 0 Å². The number of benzene rings is 3. The molecule has 1 heterocycles. The predicted molar refractivity (Wildman–Crippen MR) is 138 cm³/mol. The number of esters is 1. The summed E-state index contributed by atoms with van der Waals surface area (Å²) in [5, 5.41) is 3.88. The van der Waals surface area contributed by atoms with Gasteiger partial charge in [-0.2, -0.15) is 0 Å². The van der Waals surface area contributed by atoms with Crippen LogP contribution in [0.5, 0.6) is 0 Å². The Labute approximate surface area is 215 Å².